The summed E-state index contributed by atoms with van der Waals surface area (Å²) in [5.41, 5.74) is 0. The molecule has 0 atom stereocenters. The molecule has 23 heavy (non-hydrogen) atoms. The molecule has 0 aromatic heterocycles. The monoisotopic (exact) mass is 352 g/mol. The van der Waals surface area contributed by atoms with Gasteiger partial charge in [-0.05, 0) is 32.5 Å². The van der Waals surface area contributed by atoms with E-state index >= 15 is 0 Å². The van der Waals surface area contributed by atoms with Crippen molar-refractivity contribution >= 4 is 13.6 Å². The Morgan fingerprint density at radius 1 is 0.913 bits per heavy atom. The van der Waals surface area contributed by atoms with Crippen molar-refractivity contribution in [1.82, 2.24) is 20.4 Å². The summed E-state index contributed by atoms with van der Waals surface area (Å²) in [5, 5.41) is 15.4. The first-order valence-corrected chi connectivity index (χ1v) is 9.79. The topological polar surface area (TPSA) is 125 Å². The van der Waals surface area contributed by atoms with Crippen LogP contribution in [0.1, 0.15) is 12.8 Å². The molecule has 1 aliphatic rings. The number of aliphatic carboxylic acids is 1. The van der Waals surface area contributed by atoms with E-state index < -0.39 is 13.6 Å². The molecule has 0 saturated carbocycles. The summed E-state index contributed by atoms with van der Waals surface area (Å²) in [6.07, 6.45) is 1.42. The van der Waals surface area contributed by atoms with Gasteiger partial charge in [-0.15, -0.1) is 0 Å². The second-order valence-electron chi connectivity index (χ2n) is 5.80. The molecule has 1 heterocycles. The van der Waals surface area contributed by atoms with E-state index in [2.05, 4.69) is 10.6 Å². The normalized spacial score (nSPS) is 21.7. The number of rotatable bonds is 4. The van der Waals surface area contributed by atoms with Crippen LogP contribution in [-0.4, -0.2) is 95.9 Å². The van der Waals surface area contributed by atoms with Gasteiger partial charge < -0.3 is 25.5 Å². The summed E-state index contributed by atoms with van der Waals surface area (Å²) in [7, 11) is -4.03. The van der Waals surface area contributed by atoms with Gasteiger partial charge in [0.25, 0.3) is 0 Å². The van der Waals surface area contributed by atoms with Crippen LogP contribution in [0.4, 0.5) is 0 Å². The number of carboxylic acids is 1. The van der Waals surface area contributed by atoms with Gasteiger partial charge in [-0.2, -0.15) is 0 Å². The summed E-state index contributed by atoms with van der Waals surface area (Å²) in [6, 6.07) is 0. The van der Waals surface area contributed by atoms with Crippen molar-refractivity contribution in [3.05, 3.63) is 0 Å². The highest BCUT2D eigenvalue weighted by Gasteiger charge is 2.18. The van der Waals surface area contributed by atoms with Gasteiger partial charge in [0.15, 0.2) is 0 Å². The van der Waals surface area contributed by atoms with Crippen LogP contribution in [-0.2, 0) is 9.36 Å². The molecule has 0 aromatic rings. The third-order valence-electron chi connectivity index (χ3n) is 3.61. The second-order valence-corrected chi connectivity index (χ2v) is 7.41. The van der Waals surface area contributed by atoms with Gasteiger partial charge in [-0.25, -0.2) is 0 Å². The Hall–Kier alpha value is -0.540. The maximum absolute atomic E-state index is 11.2. The van der Waals surface area contributed by atoms with Crippen LogP contribution >= 0.6 is 7.60 Å². The zero-order chi connectivity index (χ0) is 17.1. The Balaban J connectivity index is 2.42. The first kappa shape index (κ1) is 20.5. The maximum atomic E-state index is 11.2. The quantitative estimate of drug-likeness (QED) is 0.396. The van der Waals surface area contributed by atoms with E-state index in [1.165, 1.54) is 0 Å². The molecule has 9 nitrogen and oxygen atoms in total. The minimum atomic E-state index is -4.03. The lowest BCUT2D eigenvalue weighted by molar-refractivity contribution is -0.138. The van der Waals surface area contributed by atoms with Crippen LogP contribution in [0.25, 0.3) is 0 Å². The molecule has 5 N–H and O–H groups in total. The first-order valence-electron chi connectivity index (χ1n) is 7.99. The van der Waals surface area contributed by atoms with Crippen LogP contribution in [0.15, 0.2) is 0 Å². The van der Waals surface area contributed by atoms with Crippen molar-refractivity contribution in [1.29, 1.82) is 0 Å². The summed E-state index contributed by atoms with van der Waals surface area (Å²) in [4.78, 5) is 32.8. The van der Waals surface area contributed by atoms with Gasteiger partial charge in [-0.1, -0.05) is 0 Å². The Labute approximate surface area is 137 Å². The van der Waals surface area contributed by atoms with Gasteiger partial charge in [0.1, 0.15) is 6.29 Å². The number of hydrogen-bond donors (Lipinski definition) is 5. The average molecular weight is 352 g/mol. The maximum Gasteiger partial charge on any atom is 0.339 e. The minimum Gasteiger partial charge on any atom is -0.480 e. The van der Waals surface area contributed by atoms with E-state index in [0.717, 1.165) is 25.9 Å². The highest BCUT2D eigenvalue weighted by atomic mass is 31.2. The molecule has 0 unspecified atom stereocenters. The van der Waals surface area contributed by atoms with Crippen molar-refractivity contribution in [2.45, 2.75) is 12.8 Å². The third kappa shape index (κ3) is 11.6. The summed E-state index contributed by atoms with van der Waals surface area (Å²) in [5.74, 6) is -0.813. The average Bonchev–Trinajstić information content (AvgIpc) is 2.42. The van der Waals surface area contributed by atoms with Crippen molar-refractivity contribution < 1.29 is 24.3 Å². The molecule has 0 bridgehead atoms. The zero-order valence-electron chi connectivity index (χ0n) is 13.5. The molecule has 1 fully saturated rings. The fourth-order valence-electron chi connectivity index (χ4n) is 2.55. The number of carboxylic acid groups (broad SMARTS) is 1. The second kappa shape index (κ2) is 11.1. The van der Waals surface area contributed by atoms with Crippen LogP contribution in [0.3, 0.4) is 0 Å². The van der Waals surface area contributed by atoms with E-state index in [4.69, 9.17) is 14.9 Å². The molecule has 0 amide bonds. The van der Waals surface area contributed by atoms with Crippen molar-refractivity contribution in [3.63, 3.8) is 0 Å². The third-order valence-corrected chi connectivity index (χ3v) is 4.38. The molecule has 0 aliphatic carbocycles. The van der Waals surface area contributed by atoms with E-state index in [1.54, 1.807) is 4.90 Å². The molecule has 0 aromatic carbocycles. The fraction of sp³-hybridized carbons (Fsp3) is 0.923. The van der Waals surface area contributed by atoms with Crippen LogP contribution < -0.4 is 10.6 Å². The first-order chi connectivity index (χ1) is 10.9. The smallest absolute Gasteiger partial charge is 0.339 e. The van der Waals surface area contributed by atoms with E-state index in [1.807, 2.05) is 4.90 Å². The van der Waals surface area contributed by atoms with Gasteiger partial charge in [0, 0.05) is 32.7 Å². The number of nitrogens with one attached hydrogen (secondary N) is 2. The highest BCUT2D eigenvalue weighted by molar-refractivity contribution is 7.51. The van der Waals surface area contributed by atoms with Crippen molar-refractivity contribution in [2.75, 3.05) is 65.2 Å². The lowest BCUT2D eigenvalue weighted by Crippen LogP contribution is -2.40. The van der Waals surface area contributed by atoms with Crippen molar-refractivity contribution in [3.8, 4) is 0 Å². The van der Waals surface area contributed by atoms with Crippen LogP contribution in [0.2, 0.25) is 0 Å². The van der Waals surface area contributed by atoms with Crippen molar-refractivity contribution in [2.24, 2.45) is 0 Å². The summed E-state index contributed by atoms with van der Waals surface area (Å²) >= 11 is 0. The lowest BCUT2D eigenvalue weighted by Gasteiger charge is -2.24. The predicted molar refractivity (Wildman–Crippen MR) is 87.5 cm³/mol. The van der Waals surface area contributed by atoms with E-state index in [9.17, 15) is 9.36 Å². The predicted octanol–water partition coefficient (Wildman–Crippen LogP) is -1.22. The molecule has 0 radical (unpaired) electrons. The van der Waals surface area contributed by atoms with Gasteiger partial charge in [0.05, 0.1) is 6.54 Å². The Morgan fingerprint density at radius 3 is 1.96 bits per heavy atom. The van der Waals surface area contributed by atoms with Gasteiger partial charge >= 0.3 is 13.6 Å². The fourth-order valence-corrected chi connectivity index (χ4v) is 3.36. The molecule has 10 heteroatoms. The van der Waals surface area contributed by atoms with Gasteiger partial charge in [0.2, 0.25) is 0 Å². The molecule has 136 valence electrons. The Bertz CT molecular complexity index is 377. The lowest BCUT2D eigenvalue weighted by atomic mass is 10.3. The van der Waals surface area contributed by atoms with E-state index in [0.29, 0.717) is 39.3 Å². The number of carbonyl (C=O) groups is 1. The van der Waals surface area contributed by atoms with Crippen LogP contribution in [0.5, 0.6) is 0 Å². The van der Waals surface area contributed by atoms with Crippen LogP contribution in [0, 0.1) is 0 Å². The zero-order valence-corrected chi connectivity index (χ0v) is 14.4. The van der Waals surface area contributed by atoms with E-state index in [-0.39, 0.29) is 12.8 Å². The molecule has 1 rings (SSSR count). The Kier molecular flexibility index (Phi) is 9.89. The highest BCUT2D eigenvalue weighted by Crippen LogP contribution is 2.34. The Morgan fingerprint density at radius 2 is 1.43 bits per heavy atom. The molecular formula is C13H29N4O5P. The molecule has 0 spiro atoms. The standard InChI is InChI=1S/C13H29N4O5P/c18-13(19)11-16-7-1-3-15-6-10-17(12-23(20,21)22)8-2-4-14-5-9-16/h14-15H,1-12H2,(H,18,19)(H2,20,21,22). The minimum absolute atomic E-state index is 0.0533. The number of hydrogen-bond acceptors (Lipinski definition) is 6. The van der Waals surface area contributed by atoms with Gasteiger partial charge in [-0.3, -0.25) is 19.2 Å². The SMILES string of the molecule is O=C(O)CN1CCCNCCN(CP(=O)(O)O)CCCNCC1. The molecule has 1 aliphatic heterocycles. The summed E-state index contributed by atoms with van der Waals surface area (Å²) < 4.78 is 11.2. The summed E-state index contributed by atoms with van der Waals surface area (Å²) in [6.45, 7) is 5.52. The molecule has 1 saturated heterocycles. The molecular weight excluding hydrogens is 323 g/mol. The largest absolute Gasteiger partial charge is 0.480 e. The number of nitrogens with zero attached hydrogens (tertiary/aromatic N) is 2.